The Morgan fingerprint density at radius 3 is 2.34 bits per heavy atom. The summed E-state index contributed by atoms with van der Waals surface area (Å²) in [5, 5.41) is 3.26. The van der Waals surface area contributed by atoms with Crippen LogP contribution in [0.5, 0.6) is 0 Å². The molecular formula is C28H44N4O3. The summed E-state index contributed by atoms with van der Waals surface area (Å²) >= 11 is 0. The fraction of sp³-hybridized carbons (Fsp3) is 0.714. The molecule has 7 heteroatoms. The maximum atomic E-state index is 13.4. The van der Waals surface area contributed by atoms with E-state index in [1.807, 2.05) is 23.1 Å². The van der Waals surface area contributed by atoms with Crippen molar-refractivity contribution in [3.63, 3.8) is 0 Å². The summed E-state index contributed by atoms with van der Waals surface area (Å²) in [6, 6.07) is 10.1. The van der Waals surface area contributed by atoms with Crippen molar-refractivity contribution in [3.05, 3.63) is 35.9 Å². The molecule has 194 valence electrons. The van der Waals surface area contributed by atoms with Crippen molar-refractivity contribution in [3.8, 4) is 0 Å². The number of carbonyl (C=O) groups is 2. The second-order valence-corrected chi connectivity index (χ2v) is 10.3. The van der Waals surface area contributed by atoms with Gasteiger partial charge in [0.1, 0.15) is 0 Å². The molecule has 1 aromatic carbocycles. The first kappa shape index (κ1) is 26.1. The molecule has 2 aliphatic heterocycles. The van der Waals surface area contributed by atoms with Gasteiger partial charge in [-0.15, -0.1) is 0 Å². The van der Waals surface area contributed by atoms with E-state index in [1.54, 1.807) is 0 Å². The van der Waals surface area contributed by atoms with Gasteiger partial charge in [-0.2, -0.15) is 0 Å². The first-order valence-electron chi connectivity index (χ1n) is 13.8. The summed E-state index contributed by atoms with van der Waals surface area (Å²) in [6.45, 7) is 10.4. The van der Waals surface area contributed by atoms with Crippen molar-refractivity contribution in [2.75, 3.05) is 65.6 Å². The third kappa shape index (κ3) is 7.05. The molecule has 1 saturated carbocycles. The number of rotatable bonds is 10. The molecule has 0 bridgehead atoms. The van der Waals surface area contributed by atoms with Gasteiger partial charge in [0, 0.05) is 45.8 Å². The van der Waals surface area contributed by atoms with Crippen LogP contribution in [0.2, 0.25) is 0 Å². The van der Waals surface area contributed by atoms with Crippen molar-refractivity contribution < 1.29 is 14.3 Å². The Kier molecular flexibility index (Phi) is 9.98. The lowest BCUT2D eigenvalue weighted by Crippen LogP contribution is -2.58. The first-order chi connectivity index (χ1) is 17.2. The van der Waals surface area contributed by atoms with Gasteiger partial charge in [-0.1, -0.05) is 50.1 Å². The maximum Gasteiger partial charge on any atom is 0.237 e. The summed E-state index contributed by atoms with van der Waals surface area (Å²) in [7, 11) is 0. The Bertz CT molecular complexity index is 785. The number of nitrogens with one attached hydrogen (secondary N) is 1. The fourth-order valence-corrected chi connectivity index (χ4v) is 6.07. The number of carbonyl (C=O) groups excluding carboxylic acids is 2. The van der Waals surface area contributed by atoms with Crippen LogP contribution in [0.25, 0.3) is 0 Å². The van der Waals surface area contributed by atoms with E-state index in [0.717, 1.165) is 83.7 Å². The minimum Gasteiger partial charge on any atom is -0.379 e. The van der Waals surface area contributed by atoms with Crippen molar-refractivity contribution in [2.45, 2.75) is 57.4 Å². The molecule has 1 aromatic rings. The Balaban J connectivity index is 1.29. The lowest BCUT2D eigenvalue weighted by Gasteiger charge is -2.41. The van der Waals surface area contributed by atoms with Gasteiger partial charge in [-0.25, -0.2) is 0 Å². The van der Waals surface area contributed by atoms with Gasteiger partial charge in [0.2, 0.25) is 11.8 Å². The summed E-state index contributed by atoms with van der Waals surface area (Å²) in [4.78, 5) is 33.5. The van der Waals surface area contributed by atoms with Crippen molar-refractivity contribution in [1.82, 2.24) is 20.0 Å². The number of nitrogens with zero attached hydrogens (tertiary/aromatic N) is 3. The highest BCUT2D eigenvalue weighted by Crippen LogP contribution is 2.31. The zero-order valence-corrected chi connectivity index (χ0v) is 21.5. The van der Waals surface area contributed by atoms with Crippen LogP contribution in [0.4, 0.5) is 0 Å². The van der Waals surface area contributed by atoms with E-state index in [9.17, 15) is 9.59 Å². The van der Waals surface area contributed by atoms with Crippen molar-refractivity contribution in [1.29, 1.82) is 0 Å². The van der Waals surface area contributed by atoms with Crippen LogP contribution in [-0.4, -0.2) is 98.1 Å². The normalized spacial score (nSPS) is 22.1. The number of piperazine rings is 1. The summed E-state index contributed by atoms with van der Waals surface area (Å²) in [5.74, 6) is 0.769. The molecule has 35 heavy (non-hydrogen) atoms. The van der Waals surface area contributed by atoms with E-state index < -0.39 is 0 Å². The van der Waals surface area contributed by atoms with Gasteiger partial charge in [0.15, 0.2) is 0 Å². The van der Waals surface area contributed by atoms with E-state index in [4.69, 9.17) is 4.74 Å². The molecule has 0 aromatic heterocycles. The molecule has 0 unspecified atom stereocenters. The molecule has 0 spiro atoms. The molecule has 0 radical (unpaired) electrons. The molecule has 2 saturated heterocycles. The van der Waals surface area contributed by atoms with Crippen LogP contribution in [0.3, 0.4) is 0 Å². The van der Waals surface area contributed by atoms with E-state index >= 15 is 0 Å². The average molecular weight is 485 g/mol. The van der Waals surface area contributed by atoms with Gasteiger partial charge >= 0.3 is 0 Å². The first-order valence-corrected chi connectivity index (χ1v) is 13.8. The lowest BCUT2D eigenvalue weighted by atomic mass is 9.93. The number of ether oxygens (including phenoxy) is 1. The Hall–Kier alpha value is -1.96. The van der Waals surface area contributed by atoms with Crippen molar-refractivity contribution in [2.24, 2.45) is 5.92 Å². The van der Waals surface area contributed by atoms with E-state index in [-0.39, 0.29) is 23.8 Å². The van der Waals surface area contributed by atoms with E-state index in [1.165, 1.54) is 12.8 Å². The molecule has 3 fully saturated rings. The number of hydrogen-bond acceptors (Lipinski definition) is 5. The molecule has 3 aliphatic rings. The third-order valence-corrected chi connectivity index (χ3v) is 8.10. The SMILES string of the molecule is CC[C@H](C(=O)N1CCN([C@@H](C(=O)NCCCN2CCOCC2)C2CCCC2)CC1)c1ccccc1. The maximum absolute atomic E-state index is 13.4. The predicted octanol–water partition coefficient (Wildman–Crippen LogP) is 2.72. The average Bonchev–Trinajstić information content (AvgIpc) is 3.43. The number of benzene rings is 1. The molecule has 7 nitrogen and oxygen atoms in total. The Labute approximate surface area is 211 Å². The highest BCUT2D eigenvalue weighted by molar-refractivity contribution is 5.84. The zero-order valence-electron chi connectivity index (χ0n) is 21.5. The largest absolute Gasteiger partial charge is 0.379 e. The van der Waals surface area contributed by atoms with Crippen LogP contribution >= 0.6 is 0 Å². The summed E-state index contributed by atoms with van der Waals surface area (Å²) in [5.41, 5.74) is 1.10. The predicted molar refractivity (Wildman–Crippen MR) is 138 cm³/mol. The van der Waals surface area contributed by atoms with E-state index in [2.05, 4.69) is 34.2 Å². The molecule has 2 heterocycles. The van der Waals surface area contributed by atoms with Gasteiger partial charge in [0.25, 0.3) is 0 Å². The van der Waals surface area contributed by atoms with Gasteiger partial charge in [-0.3, -0.25) is 19.4 Å². The second-order valence-electron chi connectivity index (χ2n) is 10.3. The van der Waals surface area contributed by atoms with Gasteiger partial charge in [-0.05, 0) is 43.7 Å². The van der Waals surface area contributed by atoms with Gasteiger partial charge in [0.05, 0.1) is 25.2 Å². The van der Waals surface area contributed by atoms with Crippen LogP contribution in [0.15, 0.2) is 30.3 Å². The number of morpholine rings is 1. The molecule has 4 rings (SSSR count). The standard InChI is InChI=1S/C28H44N4O3/c1-2-25(23-9-4-3-5-10-23)28(34)32-17-15-31(16-18-32)26(24-11-6-7-12-24)27(33)29-13-8-14-30-19-21-35-22-20-30/h3-5,9-10,24-26H,2,6-8,11-22H2,1H3,(H,29,33)/t25-,26+/m0/s1. The molecule has 1 N–H and O–H groups in total. The third-order valence-electron chi connectivity index (χ3n) is 8.10. The fourth-order valence-electron chi connectivity index (χ4n) is 6.07. The monoisotopic (exact) mass is 484 g/mol. The Morgan fingerprint density at radius 2 is 1.69 bits per heavy atom. The van der Waals surface area contributed by atoms with E-state index in [0.29, 0.717) is 19.0 Å². The van der Waals surface area contributed by atoms with Gasteiger partial charge < -0.3 is 15.0 Å². The zero-order chi connectivity index (χ0) is 24.5. The summed E-state index contributed by atoms with van der Waals surface area (Å²) in [6.07, 6.45) is 6.50. The quantitative estimate of drug-likeness (QED) is 0.518. The van der Waals surface area contributed by atoms with Crippen LogP contribution in [-0.2, 0) is 14.3 Å². The van der Waals surface area contributed by atoms with Crippen LogP contribution in [0, 0.1) is 5.92 Å². The molecule has 1 aliphatic carbocycles. The molecule has 2 atom stereocenters. The minimum absolute atomic E-state index is 0.0609. The van der Waals surface area contributed by atoms with Crippen molar-refractivity contribution >= 4 is 11.8 Å². The molecule has 2 amide bonds. The topological polar surface area (TPSA) is 65.1 Å². The Morgan fingerprint density at radius 1 is 1.00 bits per heavy atom. The highest BCUT2D eigenvalue weighted by atomic mass is 16.5. The highest BCUT2D eigenvalue weighted by Gasteiger charge is 2.37. The van der Waals surface area contributed by atoms with Crippen LogP contribution in [0.1, 0.15) is 56.9 Å². The van der Waals surface area contributed by atoms with Crippen LogP contribution < -0.4 is 5.32 Å². The molecular weight excluding hydrogens is 440 g/mol. The second kappa shape index (κ2) is 13.4. The minimum atomic E-state index is -0.0804. The lowest BCUT2D eigenvalue weighted by molar-refractivity contribution is -0.136. The summed E-state index contributed by atoms with van der Waals surface area (Å²) < 4.78 is 5.42. The smallest absolute Gasteiger partial charge is 0.237 e. The number of hydrogen-bond donors (Lipinski definition) is 1. The number of amides is 2.